The number of nitrogens with zero attached hydrogens (tertiary/aromatic N) is 3. The number of methoxy groups -OCH3 is 3. The first-order valence-electron chi connectivity index (χ1n) is 8.81. The topological polar surface area (TPSA) is 70.5 Å². The van der Waals surface area contributed by atoms with Crippen molar-refractivity contribution in [3.05, 3.63) is 58.4 Å². The van der Waals surface area contributed by atoms with Gasteiger partial charge in [0.2, 0.25) is 10.6 Å². The van der Waals surface area contributed by atoms with E-state index in [1.807, 2.05) is 30.5 Å². The van der Waals surface area contributed by atoms with Crippen LogP contribution in [0.3, 0.4) is 0 Å². The van der Waals surface area contributed by atoms with Crippen molar-refractivity contribution in [1.29, 1.82) is 0 Å². The fourth-order valence-corrected chi connectivity index (χ4v) is 3.48. The molecule has 0 unspecified atom stereocenters. The van der Waals surface area contributed by atoms with Crippen LogP contribution in [0.5, 0.6) is 17.2 Å². The number of hydrogen-bond acceptors (Lipinski definition) is 7. The number of aromatic nitrogens is 1. The number of rotatable bonds is 8. The van der Waals surface area contributed by atoms with Crippen molar-refractivity contribution in [2.24, 2.45) is 10.1 Å². The quantitative estimate of drug-likeness (QED) is 0.410. The summed E-state index contributed by atoms with van der Waals surface area (Å²) in [6.45, 7) is 6.37. The van der Waals surface area contributed by atoms with Crippen LogP contribution in [-0.2, 0) is 0 Å². The number of thiazole rings is 1. The van der Waals surface area contributed by atoms with E-state index in [9.17, 15) is 0 Å². The Morgan fingerprint density at radius 1 is 1.17 bits per heavy atom. The van der Waals surface area contributed by atoms with E-state index >= 15 is 0 Å². The predicted molar refractivity (Wildman–Crippen MR) is 114 cm³/mol. The minimum Gasteiger partial charge on any atom is -0.493 e. The lowest BCUT2D eigenvalue weighted by Gasteiger charge is -2.13. The molecule has 2 heterocycles. The first-order chi connectivity index (χ1) is 14.1. The third kappa shape index (κ3) is 4.43. The van der Waals surface area contributed by atoms with E-state index in [1.54, 1.807) is 44.5 Å². The number of furan rings is 1. The van der Waals surface area contributed by atoms with E-state index in [2.05, 4.69) is 16.7 Å². The van der Waals surface area contributed by atoms with Gasteiger partial charge in [-0.05, 0) is 31.2 Å². The van der Waals surface area contributed by atoms with Gasteiger partial charge in [-0.15, -0.1) is 11.3 Å². The van der Waals surface area contributed by atoms with Crippen LogP contribution in [0, 0.1) is 0 Å². The Morgan fingerprint density at radius 2 is 1.97 bits per heavy atom. The minimum atomic E-state index is 0.507. The Labute approximate surface area is 173 Å². The lowest BCUT2D eigenvalue weighted by atomic mass is 10.2. The van der Waals surface area contributed by atoms with E-state index in [0.717, 1.165) is 21.6 Å². The minimum absolute atomic E-state index is 0.507. The van der Waals surface area contributed by atoms with Crippen LogP contribution in [0.15, 0.2) is 62.6 Å². The Bertz CT molecular complexity index is 1080. The zero-order chi connectivity index (χ0) is 20.8. The summed E-state index contributed by atoms with van der Waals surface area (Å²) in [4.78, 5) is 5.33. The van der Waals surface area contributed by atoms with Gasteiger partial charge in [-0.2, -0.15) is 5.10 Å². The van der Waals surface area contributed by atoms with Crippen LogP contribution in [0.2, 0.25) is 0 Å². The van der Waals surface area contributed by atoms with Gasteiger partial charge in [-0.1, -0.05) is 12.2 Å². The fourth-order valence-electron chi connectivity index (χ4n) is 2.66. The third-order valence-electron chi connectivity index (χ3n) is 3.99. The molecule has 0 radical (unpaired) electrons. The van der Waals surface area contributed by atoms with Gasteiger partial charge in [-0.3, -0.25) is 4.99 Å². The summed E-state index contributed by atoms with van der Waals surface area (Å²) in [5.41, 5.74) is 2.51. The zero-order valence-electron chi connectivity index (χ0n) is 16.8. The van der Waals surface area contributed by atoms with E-state index < -0.39 is 0 Å². The maximum absolute atomic E-state index is 5.55. The van der Waals surface area contributed by atoms with Crippen molar-refractivity contribution < 1.29 is 18.6 Å². The Kier molecular flexibility index (Phi) is 6.56. The molecule has 0 saturated heterocycles. The summed E-state index contributed by atoms with van der Waals surface area (Å²) in [7, 11) is 4.73. The van der Waals surface area contributed by atoms with Crippen molar-refractivity contribution in [3.63, 3.8) is 0 Å². The lowest BCUT2D eigenvalue weighted by Crippen LogP contribution is -2.13. The van der Waals surface area contributed by atoms with Gasteiger partial charge in [0.15, 0.2) is 17.3 Å². The van der Waals surface area contributed by atoms with Crippen molar-refractivity contribution in [3.8, 4) is 28.7 Å². The van der Waals surface area contributed by atoms with Gasteiger partial charge in [0, 0.05) is 10.9 Å². The maximum atomic E-state index is 5.55. The van der Waals surface area contributed by atoms with Gasteiger partial charge in [-0.25, -0.2) is 4.68 Å². The highest BCUT2D eigenvalue weighted by Gasteiger charge is 2.15. The summed E-state index contributed by atoms with van der Waals surface area (Å²) in [5, 5.41) is 6.61. The summed E-state index contributed by atoms with van der Waals surface area (Å²) >= 11 is 1.48. The highest BCUT2D eigenvalue weighted by Crippen LogP contribution is 2.39. The fraction of sp³-hybridized carbons (Fsp3) is 0.238. The highest BCUT2D eigenvalue weighted by atomic mass is 32.1. The molecule has 0 aliphatic carbocycles. The smallest absolute Gasteiger partial charge is 0.206 e. The average Bonchev–Trinajstić information content (AvgIpc) is 3.39. The van der Waals surface area contributed by atoms with Crippen molar-refractivity contribution in [2.75, 3.05) is 27.9 Å². The Morgan fingerprint density at radius 3 is 2.59 bits per heavy atom. The van der Waals surface area contributed by atoms with Crippen molar-refractivity contribution in [1.82, 2.24) is 4.68 Å². The van der Waals surface area contributed by atoms with Crippen LogP contribution in [-0.4, -0.2) is 38.8 Å². The van der Waals surface area contributed by atoms with Crippen molar-refractivity contribution >= 4 is 17.6 Å². The monoisotopic (exact) mass is 413 g/mol. The molecule has 0 fully saturated rings. The summed E-state index contributed by atoms with van der Waals surface area (Å²) in [6, 6.07) is 7.38. The molecule has 0 spiro atoms. The Balaban J connectivity index is 2.10. The summed E-state index contributed by atoms with van der Waals surface area (Å²) in [6.07, 6.45) is 3.32. The maximum Gasteiger partial charge on any atom is 0.206 e. The van der Waals surface area contributed by atoms with E-state index in [-0.39, 0.29) is 0 Å². The van der Waals surface area contributed by atoms with E-state index in [0.29, 0.717) is 29.6 Å². The van der Waals surface area contributed by atoms with Crippen molar-refractivity contribution in [2.45, 2.75) is 6.92 Å². The molecule has 152 valence electrons. The van der Waals surface area contributed by atoms with Crippen LogP contribution in [0.4, 0.5) is 0 Å². The number of hydrogen-bond donors (Lipinski definition) is 0. The summed E-state index contributed by atoms with van der Waals surface area (Å²) in [5.74, 6) is 2.33. The molecule has 0 aliphatic rings. The normalized spacial score (nSPS) is 11.8. The van der Waals surface area contributed by atoms with Gasteiger partial charge in [0.25, 0.3) is 0 Å². The first kappa shape index (κ1) is 20.5. The Hall–Kier alpha value is -3.26. The molecular weight excluding hydrogens is 390 g/mol. The summed E-state index contributed by atoms with van der Waals surface area (Å²) < 4.78 is 23.6. The number of ether oxygens (including phenoxy) is 3. The lowest BCUT2D eigenvalue weighted by molar-refractivity contribution is 0.324. The molecular formula is C21H23N3O4S. The van der Waals surface area contributed by atoms with Gasteiger partial charge in [0.05, 0.1) is 40.4 Å². The molecule has 8 heteroatoms. The molecule has 3 rings (SSSR count). The standard InChI is InChI=1S/C21H23N3O4S/c1-14(2)11-22-21-24(16(13-29-21)17-7-6-10-28-17)23-12-15-8-9-18(25-3)20(27-5)19(15)26-4/h6-10,12-13H,1,11H2,2-5H3. The second kappa shape index (κ2) is 9.29. The SMILES string of the molecule is C=C(C)CN=c1scc(-c2ccco2)n1N=Cc1ccc(OC)c(OC)c1OC. The highest BCUT2D eigenvalue weighted by molar-refractivity contribution is 7.07. The predicted octanol–water partition coefficient (Wildman–Crippen LogP) is 4.19. The van der Waals surface area contributed by atoms with Gasteiger partial charge < -0.3 is 18.6 Å². The molecule has 7 nitrogen and oxygen atoms in total. The van der Waals surface area contributed by atoms with E-state index in [1.165, 1.54) is 11.3 Å². The number of benzene rings is 1. The zero-order valence-corrected chi connectivity index (χ0v) is 17.7. The molecule has 0 aliphatic heterocycles. The molecule has 0 saturated carbocycles. The molecule has 0 N–H and O–H groups in total. The molecule has 0 bridgehead atoms. The first-order valence-corrected chi connectivity index (χ1v) is 9.69. The third-order valence-corrected chi connectivity index (χ3v) is 4.84. The molecule has 3 aromatic rings. The molecule has 0 atom stereocenters. The largest absolute Gasteiger partial charge is 0.493 e. The average molecular weight is 413 g/mol. The second-order valence-electron chi connectivity index (χ2n) is 6.13. The molecule has 29 heavy (non-hydrogen) atoms. The van der Waals surface area contributed by atoms with Crippen LogP contribution >= 0.6 is 11.3 Å². The second-order valence-corrected chi connectivity index (χ2v) is 6.97. The van der Waals surface area contributed by atoms with Gasteiger partial charge >= 0.3 is 0 Å². The van der Waals surface area contributed by atoms with Crippen LogP contribution in [0.25, 0.3) is 11.5 Å². The molecule has 1 aromatic carbocycles. The van der Waals surface area contributed by atoms with E-state index in [4.69, 9.17) is 18.6 Å². The van der Waals surface area contributed by atoms with Crippen LogP contribution < -0.4 is 19.0 Å². The molecule has 0 amide bonds. The molecule has 2 aromatic heterocycles. The van der Waals surface area contributed by atoms with Gasteiger partial charge in [0.1, 0.15) is 5.69 Å². The van der Waals surface area contributed by atoms with Crippen LogP contribution in [0.1, 0.15) is 12.5 Å².